The van der Waals surface area contributed by atoms with Crippen LogP contribution >= 0.6 is 0 Å². The highest BCUT2D eigenvalue weighted by Crippen LogP contribution is 2.23. The first-order chi connectivity index (χ1) is 11.2. The first-order valence-electron chi connectivity index (χ1n) is 7.24. The number of nitrogens with one attached hydrogen (secondary N) is 1. The van der Waals surface area contributed by atoms with E-state index in [2.05, 4.69) is 15.5 Å². The number of amides is 1. The van der Waals surface area contributed by atoms with Gasteiger partial charge in [0.25, 0.3) is 0 Å². The van der Waals surface area contributed by atoms with E-state index in [1.54, 1.807) is 0 Å². The summed E-state index contributed by atoms with van der Waals surface area (Å²) in [5.74, 6) is -0.0697. The standard InChI is InChI=1S/C17H15N5O/c1-12(14-8-4-6-13-5-2-3-7-15(13)14)20-17(23)10-22-11-19-21-16(22)9-18/h2-8,11-12H,10H2,1H3,(H,20,23). The third-order valence-electron chi connectivity index (χ3n) is 3.70. The topological polar surface area (TPSA) is 83.6 Å². The van der Waals surface area contributed by atoms with E-state index in [1.807, 2.05) is 55.5 Å². The van der Waals surface area contributed by atoms with E-state index in [-0.39, 0.29) is 24.3 Å². The molecule has 1 N–H and O–H groups in total. The molecule has 23 heavy (non-hydrogen) atoms. The Kier molecular flexibility index (Phi) is 4.02. The highest BCUT2D eigenvalue weighted by Gasteiger charge is 2.14. The van der Waals surface area contributed by atoms with Crippen LogP contribution < -0.4 is 5.32 Å². The fourth-order valence-corrected chi connectivity index (χ4v) is 2.60. The number of hydrogen-bond acceptors (Lipinski definition) is 4. The molecule has 1 aromatic heterocycles. The van der Waals surface area contributed by atoms with Crippen LogP contribution in [0.5, 0.6) is 0 Å². The molecule has 0 radical (unpaired) electrons. The van der Waals surface area contributed by atoms with Crippen LogP contribution in [0.1, 0.15) is 24.4 Å². The molecule has 6 nitrogen and oxygen atoms in total. The average Bonchev–Trinajstić information content (AvgIpc) is 3.01. The summed E-state index contributed by atoms with van der Waals surface area (Å²) in [6, 6.07) is 15.9. The summed E-state index contributed by atoms with van der Waals surface area (Å²) in [4.78, 5) is 12.2. The number of fused-ring (bicyclic) bond motifs is 1. The molecule has 3 rings (SSSR count). The fourth-order valence-electron chi connectivity index (χ4n) is 2.60. The van der Waals surface area contributed by atoms with Crippen LogP contribution in [-0.2, 0) is 11.3 Å². The number of rotatable bonds is 4. The Morgan fingerprint density at radius 3 is 2.91 bits per heavy atom. The Bertz CT molecular complexity index is 888. The number of aromatic nitrogens is 3. The molecule has 2 aromatic carbocycles. The number of nitriles is 1. The maximum absolute atomic E-state index is 12.2. The average molecular weight is 305 g/mol. The van der Waals surface area contributed by atoms with E-state index in [0.717, 1.165) is 16.3 Å². The lowest BCUT2D eigenvalue weighted by atomic mass is 10.00. The van der Waals surface area contributed by atoms with Crippen molar-refractivity contribution >= 4 is 16.7 Å². The van der Waals surface area contributed by atoms with Crippen molar-refractivity contribution < 1.29 is 4.79 Å². The molecule has 0 bridgehead atoms. The second kappa shape index (κ2) is 6.28. The molecule has 1 atom stereocenters. The zero-order valence-corrected chi connectivity index (χ0v) is 12.6. The van der Waals surface area contributed by atoms with Crippen LogP contribution in [0.2, 0.25) is 0 Å². The lowest BCUT2D eigenvalue weighted by Crippen LogP contribution is -2.30. The van der Waals surface area contributed by atoms with Crippen molar-refractivity contribution in [2.24, 2.45) is 0 Å². The van der Waals surface area contributed by atoms with Crippen molar-refractivity contribution in [3.63, 3.8) is 0 Å². The highest BCUT2D eigenvalue weighted by atomic mass is 16.2. The van der Waals surface area contributed by atoms with Gasteiger partial charge in [-0.3, -0.25) is 9.36 Å². The van der Waals surface area contributed by atoms with Crippen LogP contribution in [0, 0.1) is 11.3 Å². The molecular weight excluding hydrogens is 290 g/mol. The Morgan fingerprint density at radius 2 is 2.09 bits per heavy atom. The monoisotopic (exact) mass is 305 g/mol. The first kappa shape index (κ1) is 14.7. The zero-order valence-electron chi connectivity index (χ0n) is 12.6. The summed E-state index contributed by atoms with van der Waals surface area (Å²) in [6.07, 6.45) is 1.38. The third kappa shape index (κ3) is 3.04. The fraction of sp³-hybridized carbons (Fsp3) is 0.176. The third-order valence-corrected chi connectivity index (χ3v) is 3.70. The number of carbonyl (C=O) groups is 1. The maximum Gasteiger partial charge on any atom is 0.240 e. The van der Waals surface area contributed by atoms with E-state index in [4.69, 9.17) is 5.26 Å². The summed E-state index contributed by atoms with van der Waals surface area (Å²) in [5.41, 5.74) is 1.06. The number of benzene rings is 2. The lowest BCUT2D eigenvalue weighted by Gasteiger charge is -2.17. The van der Waals surface area contributed by atoms with E-state index >= 15 is 0 Å². The molecule has 1 amide bonds. The minimum absolute atomic E-state index is 0.0188. The van der Waals surface area contributed by atoms with Crippen molar-refractivity contribution in [2.45, 2.75) is 19.5 Å². The Hall–Kier alpha value is -3.20. The molecule has 6 heteroatoms. The Morgan fingerprint density at radius 1 is 1.30 bits per heavy atom. The smallest absolute Gasteiger partial charge is 0.240 e. The van der Waals surface area contributed by atoms with Gasteiger partial charge in [0.2, 0.25) is 11.7 Å². The van der Waals surface area contributed by atoms with Gasteiger partial charge in [-0.1, -0.05) is 42.5 Å². The second-order valence-electron chi connectivity index (χ2n) is 5.25. The summed E-state index contributed by atoms with van der Waals surface area (Å²) in [7, 11) is 0. The van der Waals surface area contributed by atoms with Crippen molar-refractivity contribution in [1.29, 1.82) is 5.26 Å². The predicted octanol–water partition coefficient (Wildman–Crippen LogP) is 2.18. The van der Waals surface area contributed by atoms with Crippen LogP contribution in [0.25, 0.3) is 10.8 Å². The number of carbonyl (C=O) groups excluding carboxylic acids is 1. The molecule has 0 saturated heterocycles. The van der Waals surface area contributed by atoms with Gasteiger partial charge in [0.15, 0.2) is 0 Å². The predicted molar refractivity (Wildman–Crippen MR) is 85.2 cm³/mol. The summed E-state index contributed by atoms with van der Waals surface area (Å²) in [6.45, 7) is 1.96. The van der Waals surface area contributed by atoms with Crippen LogP contribution in [-0.4, -0.2) is 20.7 Å². The van der Waals surface area contributed by atoms with Gasteiger partial charge >= 0.3 is 0 Å². The second-order valence-corrected chi connectivity index (χ2v) is 5.25. The van der Waals surface area contributed by atoms with Crippen molar-refractivity contribution in [3.8, 4) is 6.07 Å². The largest absolute Gasteiger partial charge is 0.348 e. The van der Waals surface area contributed by atoms with Crippen LogP contribution in [0.4, 0.5) is 0 Å². The minimum atomic E-state index is -0.193. The Labute approximate surface area is 133 Å². The van der Waals surface area contributed by atoms with Gasteiger partial charge in [-0.05, 0) is 23.3 Å². The van der Waals surface area contributed by atoms with Gasteiger partial charge < -0.3 is 5.32 Å². The van der Waals surface area contributed by atoms with Crippen molar-refractivity contribution in [3.05, 3.63) is 60.2 Å². The molecule has 0 aliphatic carbocycles. The van der Waals surface area contributed by atoms with Gasteiger partial charge in [0.1, 0.15) is 18.9 Å². The van der Waals surface area contributed by atoms with E-state index in [1.165, 1.54) is 10.9 Å². The SMILES string of the molecule is CC(NC(=O)Cn1cnnc1C#N)c1cccc2ccccc12. The summed E-state index contributed by atoms with van der Waals surface area (Å²) >= 11 is 0. The van der Waals surface area contributed by atoms with Gasteiger partial charge in [-0.25, -0.2) is 0 Å². The van der Waals surface area contributed by atoms with E-state index in [9.17, 15) is 4.79 Å². The van der Waals surface area contributed by atoms with E-state index < -0.39 is 0 Å². The molecular formula is C17H15N5O. The zero-order chi connectivity index (χ0) is 16.2. The normalized spacial score (nSPS) is 11.8. The van der Waals surface area contributed by atoms with Crippen molar-refractivity contribution in [1.82, 2.24) is 20.1 Å². The van der Waals surface area contributed by atoms with Crippen LogP contribution in [0.15, 0.2) is 48.8 Å². The molecule has 0 aliphatic rings. The quantitative estimate of drug-likeness (QED) is 0.800. The Balaban J connectivity index is 1.77. The number of hydrogen-bond donors (Lipinski definition) is 1. The first-order valence-corrected chi connectivity index (χ1v) is 7.24. The molecule has 1 heterocycles. The van der Waals surface area contributed by atoms with Crippen LogP contribution in [0.3, 0.4) is 0 Å². The number of nitrogens with zero attached hydrogens (tertiary/aromatic N) is 4. The van der Waals surface area contributed by atoms with Gasteiger partial charge in [-0.2, -0.15) is 5.26 Å². The summed E-state index contributed by atoms with van der Waals surface area (Å²) in [5, 5.41) is 21.4. The maximum atomic E-state index is 12.2. The minimum Gasteiger partial charge on any atom is -0.348 e. The molecule has 1 unspecified atom stereocenters. The molecule has 0 spiro atoms. The van der Waals surface area contributed by atoms with E-state index in [0.29, 0.717) is 0 Å². The van der Waals surface area contributed by atoms with Gasteiger partial charge in [-0.15, -0.1) is 10.2 Å². The molecule has 114 valence electrons. The van der Waals surface area contributed by atoms with Gasteiger partial charge in [0.05, 0.1) is 6.04 Å². The molecule has 0 saturated carbocycles. The molecule has 3 aromatic rings. The molecule has 0 aliphatic heterocycles. The van der Waals surface area contributed by atoms with Crippen molar-refractivity contribution in [2.75, 3.05) is 0 Å². The van der Waals surface area contributed by atoms with Gasteiger partial charge in [0, 0.05) is 0 Å². The lowest BCUT2D eigenvalue weighted by molar-refractivity contribution is -0.122. The summed E-state index contributed by atoms with van der Waals surface area (Å²) < 4.78 is 1.42. The molecule has 0 fully saturated rings. The highest BCUT2D eigenvalue weighted by molar-refractivity contribution is 5.86.